The Morgan fingerprint density at radius 3 is 2.57 bits per heavy atom. The zero-order valence-corrected chi connectivity index (χ0v) is 19.3. The smallest absolute Gasteiger partial charge is 0.394 e. The number of hydrogen-bond donors (Lipinski definition) is 4. The fraction of sp³-hybridized carbons (Fsp3) is 0.231. The number of aliphatic imine (C=N–C) groups is 1. The number of carboxylic acids is 1. The zero-order chi connectivity index (χ0) is 24.9. The fourth-order valence-electron chi connectivity index (χ4n) is 3.95. The molecule has 0 saturated carbocycles. The van der Waals surface area contributed by atoms with Crippen molar-refractivity contribution in [1.29, 1.82) is 5.41 Å². The van der Waals surface area contributed by atoms with Gasteiger partial charge in [0.25, 0.3) is 0 Å². The molecule has 1 aliphatic rings. The van der Waals surface area contributed by atoms with Crippen LogP contribution in [0.25, 0.3) is 10.8 Å². The average molecular weight is 474 g/mol. The summed E-state index contributed by atoms with van der Waals surface area (Å²) in [5.41, 5.74) is 8.49. The topological polar surface area (TPSA) is 141 Å². The van der Waals surface area contributed by atoms with Crippen LogP contribution in [0, 0.1) is 5.41 Å². The summed E-state index contributed by atoms with van der Waals surface area (Å²) >= 11 is 0. The predicted octanol–water partition coefficient (Wildman–Crippen LogP) is 3.03. The molecule has 1 heterocycles. The van der Waals surface area contributed by atoms with Crippen LogP contribution >= 0.6 is 0 Å². The molecule has 4 rings (SSSR count). The summed E-state index contributed by atoms with van der Waals surface area (Å²) in [5, 5.41) is 20.7. The highest BCUT2D eigenvalue weighted by Crippen LogP contribution is 2.23. The Morgan fingerprint density at radius 2 is 1.89 bits per heavy atom. The van der Waals surface area contributed by atoms with E-state index in [4.69, 9.17) is 21.0 Å². The van der Waals surface area contributed by atoms with E-state index >= 15 is 0 Å². The lowest BCUT2D eigenvalue weighted by Gasteiger charge is -2.17. The Morgan fingerprint density at radius 1 is 1.14 bits per heavy atom. The number of rotatable bonds is 6. The molecule has 5 N–H and O–H groups in total. The second kappa shape index (κ2) is 10.3. The van der Waals surface area contributed by atoms with Gasteiger partial charge in [0.2, 0.25) is 0 Å². The number of amides is 1. The molecule has 0 spiro atoms. The molecular formula is C26H27N5O4. The number of ether oxygens (including phenoxy) is 1. The van der Waals surface area contributed by atoms with Crippen LogP contribution in [0.1, 0.15) is 24.5 Å². The molecule has 1 amide bonds. The third kappa shape index (κ3) is 5.94. The molecule has 35 heavy (non-hydrogen) atoms. The molecule has 0 aliphatic carbocycles. The average Bonchev–Trinajstić information content (AvgIpc) is 3.32. The van der Waals surface area contributed by atoms with E-state index < -0.39 is 11.9 Å². The second-order valence-electron chi connectivity index (χ2n) is 8.44. The van der Waals surface area contributed by atoms with Gasteiger partial charge in [-0.05, 0) is 59.7 Å². The first-order chi connectivity index (χ1) is 16.8. The van der Waals surface area contributed by atoms with Gasteiger partial charge in [-0.25, -0.2) is 9.79 Å². The van der Waals surface area contributed by atoms with Gasteiger partial charge in [0.05, 0.1) is 18.1 Å². The molecule has 0 aromatic heterocycles. The van der Waals surface area contributed by atoms with Crippen LogP contribution in [-0.4, -0.2) is 52.7 Å². The number of fused-ring (bicyclic) bond motifs is 1. The van der Waals surface area contributed by atoms with Gasteiger partial charge in [-0.3, -0.25) is 10.2 Å². The number of carbonyl (C=O) groups is 2. The molecule has 1 atom stereocenters. The van der Waals surface area contributed by atoms with E-state index in [1.165, 1.54) is 0 Å². The second-order valence-corrected chi connectivity index (χ2v) is 8.44. The van der Waals surface area contributed by atoms with Crippen LogP contribution in [0.5, 0.6) is 5.75 Å². The highest BCUT2D eigenvalue weighted by molar-refractivity contribution is 6.31. The maximum atomic E-state index is 11.3. The van der Waals surface area contributed by atoms with E-state index in [9.17, 15) is 9.59 Å². The normalized spacial score (nSPS) is 15.7. The van der Waals surface area contributed by atoms with Crippen molar-refractivity contribution in [2.75, 3.05) is 13.1 Å². The van der Waals surface area contributed by atoms with Gasteiger partial charge in [0, 0.05) is 25.1 Å². The number of aliphatic carboxylic acids is 1. The lowest BCUT2D eigenvalue weighted by Crippen LogP contribution is -2.30. The maximum Gasteiger partial charge on any atom is 0.394 e. The summed E-state index contributed by atoms with van der Waals surface area (Å²) in [6.07, 6.45) is 0.952. The molecule has 9 heteroatoms. The summed E-state index contributed by atoms with van der Waals surface area (Å²) in [5.74, 6) is -0.882. The number of nitrogens with zero attached hydrogens (tertiary/aromatic N) is 2. The molecule has 3 aromatic rings. The molecule has 3 aromatic carbocycles. The number of benzene rings is 3. The van der Waals surface area contributed by atoms with Crippen molar-refractivity contribution < 1.29 is 19.4 Å². The number of nitrogens with two attached hydrogens (primary N) is 1. The lowest BCUT2D eigenvalue weighted by molar-refractivity contribution is -0.150. The monoisotopic (exact) mass is 473 g/mol. The van der Waals surface area contributed by atoms with Crippen molar-refractivity contribution in [2.24, 2.45) is 10.7 Å². The Kier molecular flexibility index (Phi) is 6.96. The van der Waals surface area contributed by atoms with Gasteiger partial charge < -0.3 is 25.8 Å². The highest BCUT2D eigenvalue weighted by atomic mass is 16.5. The van der Waals surface area contributed by atoms with Crippen LogP contribution in [0.4, 0.5) is 5.69 Å². The Balaban J connectivity index is 1.44. The number of nitrogens with one attached hydrogen (secondary N) is 2. The molecule has 180 valence electrons. The summed E-state index contributed by atoms with van der Waals surface area (Å²) in [4.78, 5) is 28.5. The first-order valence-corrected chi connectivity index (χ1v) is 11.2. The first-order valence-electron chi connectivity index (χ1n) is 11.2. The van der Waals surface area contributed by atoms with E-state index in [0.29, 0.717) is 17.4 Å². The molecule has 1 fully saturated rings. The number of carbonyl (C=O) groups excluding carboxylic acids is 1. The molecule has 0 radical (unpaired) electrons. The molecular weight excluding hydrogens is 446 g/mol. The van der Waals surface area contributed by atoms with Gasteiger partial charge in [-0.2, -0.15) is 0 Å². The van der Waals surface area contributed by atoms with E-state index in [2.05, 4.69) is 10.3 Å². The molecule has 1 saturated heterocycles. The van der Waals surface area contributed by atoms with Gasteiger partial charge in [0.1, 0.15) is 17.7 Å². The Labute approximate surface area is 202 Å². The molecule has 1 aliphatic heterocycles. The van der Waals surface area contributed by atoms with E-state index in [1.807, 2.05) is 65.6 Å². The summed E-state index contributed by atoms with van der Waals surface area (Å²) in [7, 11) is 0. The van der Waals surface area contributed by atoms with Crippen molar-refractivity contribution in [1.82, 2.24) is 10.2 Å². The van der Waals surface area contributed by atoms with Gasteiger partial charge in [-0.15, -0.1) is 0 Å². The minimum absolute atomic E-state index is 0.0645. The third-order valence-electron chi connectivity index (χ3n) is 5.86. The van der Waals surface area contributed by atoms with Crippen LogP contribution < -0.4 is 15.8 Å². The van der Waals surface area contributed by atoms with Crippen molar-refractivity contribution >= 4 is 40.0 Å². The summed E-state index contributed by atoms with van der Waals surface area (Å²) < 4.78 is 6.03. The molecule has 1 unspecified atom stereocenters. The number of likely N-dealkylation sites (tertiary alicyclic amines) is 1. The lowest BCUT2D eigenvalue weighted by atomic mass is 10.0. The number of carboxylic acid groups (broad SMARTS) is 1. The van der Waals surface area contributed by atoms with Crippen molar-refractivity contribution in [3.05, 3.63) is 71.8 Å². The van der Waals surface area contributed by atoms with Crippen LogP contribution in [-0.2, 0) is 16.1 Å². The fourth-order valence-corrected chi connectivity index (χ4v) is 3.95. The minimum atomic E-state index is -1.51. The van der Waals surface area contributed by atoms with Crippen LogP contribution in [0.15, 0.2) is 65.7 Å². The highest BCUT2D eigenvalue weighted by Gasteiger charge is 2.24. The molecule has 0 bridgehead atoms. The minimum Gasteiger partial charge on any atom is -0.489 e. The number of amidine groups is 2. The summed E-state index contributed by atoms with van der Waals surface area (Å²) in [6, 6.07) is 18.8. The Hall–Kier alpha value is -4.40. The number of hydrogen-bond acceptors (Lipinski definition) is 5. The van der Waals surface area contributed by atoms with Crippen molar-refractivity contribution in [3.63, 3.8) is 0 Å². The largest absolute Gasteiger partial charge is 0.489 e. The maximum absolute atomic E-state index is 11.3. The quantitative estimate of drug-likeness (QED) is 0.246. The zero-order valence-electron chi connectivity index (χ0n) is 19.3. The van der Waals surface area contributed by atoms with Crippen LogP contribution in [0.3, 0.4) is 0 Å². The van der Waals surface area contributed by atoms with Crippen molar-refractivity contribution in [2.45, 2.75) is 26.0 Å². The third-order valence-corrected chi connectivity index (χ3v) is 5.86. The van der Waals surface area contributed by atoms with Gasteiger partial charge >= 0.3 is 11.9 Å². The van der Waals surface area contributed by atoms with Gasteiger partial charge in [-0.1, -0.05) is 24.3 Å². The van der Waals surface area contributed by atoms with Crippen LogP contribution in [0.2, 0.25) is 0 Å². The van der Waals surface area contributed by atoms with E-state index in [1.54, 1.807) is 6.92 Å². The van der Waals surface area contributed by atoms with Gasteiger partial charge in [0.15, 0.2) is 0 Å². The first kappa shape index (κ1) is 23.7. The predicted molar refractivity (Wildman–Crippen MR) is 134 cm³/mol. The SMILES string of the molecule is CC(=N)N1CCC(Oc2ccc(N=C(N)c3ccc4ccc(CNC(=O)C(=O)O)cc4c3)cc2)C1. The van der Waals surface area contributed by atoms with E-state index in [0.717, 1.165) is 47.2 Å². The molecule has 9 nitrogen and oxygen atoms in total. The van der Waals surface area contributed by atoms with E-state index in [-0.39, 0.29) is 12.6 Å². The van der Waals surface area contributed by atoms with Crippen molar-refractivity contribution in [3.8, 4) is 5.75 Å². The summed E-state index contributed by atoms with van der Waals surface area (Å²) in [6.45, 7) is 3.46. The Bertz CT molecular complexity index is 1300. The standard InChI is InChI=1S/C26H27N5O4/c1-16(27)31-11-10-23(15-31)35-22-8-6-21(7-9-22)30-24(28)19-5-4-18-3-2-17(12-20(18)13-19)14-29-25(32)26(33)34/h2-9,12-13,23,27H,10-11,14-15H2,1H3,(H2,28,30)(H,29,32)(H,33,34).